The molecular formula is C12H20B2F2O11P2. The van der Waals surface area contributed by atoms with Crippen molar-refractivity contribution in [1.29, 1.82) is 0 Å². The molecule has 0 bridgehead atoms. The summed E-state index contributed by atoms with van der Waals surface area (Å²) < 4.78 is 85.1. The second-order valence-corrected chi connectivity index (χ2v) is 9.10. The molecule has 2 saturated heterocycles. The van der Waals surface area contributed by atoms with Gasteiger partial charge >= 0.3 is 15.6 Å². The van der Waals surface area contributed by atoms with Crippen LogP contribution in [0.15, 0.2) is 0 Å². The van der Waals surface area contributed by atoms with Gasteiger partial charge in [0.2, 0.25) is 0 Å². The summed E-state index contributed by atoms with van der Waals surface area (Å²) in [6.07, 6.45) is -9.92. The van der Waals surface area contributed by atoms with E-state index in [0.717, 1.165) is 7.11 Å². The first-order chi connectivity index (χ1) is 13.4. The van der Waals surface area contributed by atoms with E-state index in [4.69, 9.17) is 39.0 Å². The predicted molar refractivity (Wildman–Crippen MR) is 92.9 cm³/mol. The molecule has 2 heterocycles. The van der Waals surface area contributed by atoms with Gasteiger partial charge in [-0.05, 0) is 0 Å². The zero-order chi connectivity index (χ0) is 22.0. The highest BCUT2D eigenvalue weighted by Crippen LogP contribution is 2.50. The average Bonchev–Trinajstić information content (AvgIpc) is 3.05. The molecule has 2 N–H and O–H groups in total. The highest BCUT2D eigenvalue weighted by molar-refractivity contribution is 7.47. The third-order valence-electron chi connectivity index (χ3n) is 4.13. The van der Waals surface area contributed by atoms with E-state index in [9.17, 15) is 27.7 Å². The molecule has 0 aromatic carbocycles. The Bertz CT molecular complexity index is 649. The van der Waals surface area contributed by atoms with E-state index in [0.29, 0.717) is 0 Å². The molecule has 2 fully saturated rings. The maximum atomic E-state index is 14.1. The fourth-order valence-electron chi connectivity index (χ4n) is 2.73. The topological polar surface area (TPSA) is 139 Å². The van der Waals surface area contributed by atoms with Gasteiger partial charge in [-0.2, -0.15) is 0 Å². The van der Waals surface area contributed by atoms with E-state index in [2.05, 4.69) is 9.05 Å². The third-order valence-corrected chi connectivity index (χ3v) is 6.08. The highest BCUT2D eigenvalue weighted by Gasteiger charge is 2.50. The number of phosphoric acid groups is 2. The number of ether oxygens (including phenoxy) is 3. The second-order valence-electron chi connectivity index (χ2n) is 6.18. The zero-order valence-corrected chi connectivity index (χ0v) is 17.2. The van der Waals surface area contributed by atoms with Crippen molar-refractivity contribution in [2.75, 3.05) is 27.4 Å². The number of phosphoric ester groups is 2. The quantitative estimate of drug-likeness (QED) is 0.328. The van der Waals surface area contributed by atoms with E-state index < -0.39 is 71.0 Å². The van der Waals surface area contributed by atoms with Gasteiger partial charge < -0.3 is 24.0 Å². The summed E-state index contributed by atoms with van der Waals surface area (Å²) in [5.41, 5.74) is 0. The van der Waals surface area contributed by atoms with Gasteiger partial charge in [0.05, 0.1) is 25.2 Å². The maximum absolute atomic E-state index is 14.1. The molecule has 0 aromatic rings. The van der Waals surface area contributed by atoms with Crippen molar-refractivity contribution in [3.63, 3.8) is 0 Å². The molecular weight excluding hydrogens is 442 g/mol. The molecule has 2 aliphatic heterocycles. The van der Waals surface area contributed by atoms with Gasteiger partial charge in [-0.1, -0.05) is 0 Å². The van der Waals surface area contributed by atoms with Crippen LogP contribution < -0.4 is 0 Å². The number of halogens is 2. The molecule has 4 radical (unpaired) electrons. The molecule has 0 aromatic heterocycles. The molecule has 11 nitrogen and oxygen atoms in total. The zero-order valence-electron chi connectivity index (χ0n) is 15.4. The Morgan fingerprint density at radius 1 is 0.897 bits per heavy atom. The van der Waals surface area contributed by atoms with Crippen molar-refractivity contribution >= 4 is 31.3 Å². The minimum atomic E-state index is -4.94. The molecule has 2 rings (SSSR count). The van der Waals surface area contributed by atoms with Crippen LogP contribution in [0.2, 0.25) is 0 Å². The molecule has 29 heavy (non-hydrogen) atoms. The van der Waals surface area contributed by atoms with E-state index >= 15 is 0 Å². The molecule has 0 amide bonds. The van der Waals surface area contributed by atoms with Crippen molar-refractivity contribution in [2.24, 2.45) is 0 Å². The van der Waals surface area contributed by atoms with Gasteiger partial charge in [-0.25, -0.2) is 17.9 Å². The smallest absolute Gasteiger partial charge is 0.382 e. The van der Waals surface area contributed by atoms with Crippen LogP contribution in [0, 0.1) is 0 Å². The third kappa shape index (κ3) is 6.54. The van der Waals surface area contributed by atoms with Crippen molar-refractivity contribution in [1.82, 2.24) is 0 Å². The predicted octanol–water partition coefficient (Wildman–Crippen LogP) is -0.270. The lowest BCUT2D eigenvalue weighted by molar-refractivity contribution is -0.0337. The van der Waals surface area contributed by atoms with Gasteiger partial charge in [-0.15, -0.1) is 0 Å². The van der Waals surface area contributed by atoms with E-state index in [1.807, 2.05) is 0 Å². The van der Waals surface area contributed by atoms with Crippen LogP contribution >= 0.6 is 15.6 Å². The Kier molecular flexibility index (Phi) is 8.86. The Morgan fingerprint density at radius 3 is 1.79 bits per heavy atom. The Morgan fingerprint density at radius 2 is 1.34 bits per heavy atom. The number of hydrogen-bond donors (Lipinski definition) is 2. The fraction of sp³-hybridized carbons (Fsp3) is 1.00. The first kappa shape index (κ1) is 25.4. The lowest BCUT2D eigenvalue weighted by Crippen LogP contribution is -2.36. The summed E-state index contributed by atoms with van der Waals surface area (Å²) in [6.45, 7) is -1.02. The van der Waals surface area contributed by atoms with E-state index in [-0.39, 0.29) is 6.61 Å². The molecule has 10 atom stereocenters. The first-order valence-electron chi connectivity index (χ1n) is 8.22. The summed E-state index contributed by atoms with van der Waals surface area (Å²) in [5.74, 6) is 0. The fourth-order valence-corrected chi connectivity index (χ4v) is 4.33. The molecule has 0 spiro atoms. The summed E-state index contributed by atoms with van der Waals surface area (Å²) in [7, 11) is 3.35. The number of hydrogen-bond acceptors (Lipinski definition) is 9. The lowest BCUT2D eigenvalue weighted by atomic mass is 9.94. The first-order valence-corrected chi connectivity index (χ1v) is 11.2. The largest absolute Gasteiger partial charge is 0.472 e. The van der Waals surface area contributed by atoms with Crippen molar-refractivity contribution in [3.05, 3.63) is 0 Å². The van der Waals surface area contributed by atoms with Gasteiger partial charge in [0.15, 0.2) is 0 Å². The van der Waals surface area contributed by atoms with Crippen molar-refractivity contribution in [3.8, 4) is 0 Å². The normalized spacial score (nSPS) is 41.9. The van der Waals surface area contributed by atoms with Gasteiger partial charge in [0, 0.05) is 14.2 Å². The van der Waals surface area contributed by atoms with Crippen LogP contribution in [0.25, 0.3) is 0 Å². The van der Waals surface area contributed by atoms with Crippen LogP contribution in [0.3, 0.4) is 0 Å². The molecule has 0 aliphatic carbocycles. The number of alkyl halides is 2. The second kappa shape index (κ2) is 10.1. The van der Waals surface area contributed by atoms with E-state index in [1.165, 1.54) is 7.11 Å². The van der Waals surface area contributed by atoms with Crippen LogP contribution in [-0.4, -0.2) is 102 Å². The van der Waals surface area contributed by atoms with Crippen LogP contribution in [0.4, 0.5) is 8.78 Å². The van der Waals surface area contributed by atoms with Gasteiger partial charge in [-0.3, -0.25) is 18.1 Å². The monoisotopic (exact) mass is 462 g/mol. The summed E-state index contributed by atoms with van der Waals surface area (Å²) in [6, 6.07) is -2.97. The number of methoxy groups -OCH3 is 1. The Labute approximate surface area is 168 Å². The number of rotatable bonds is 10. The van der Waals surface area contributed by atoms with Gasteiger partial charge in [0.1, 0.15) is 52.5 Å². The summed E-state index contributed by atoms with van der Waals surface area (Å²) in [5, 5.41) is 0. The van der Waals surface area contributed by atoms with Crippen LogP contribution in [0.5, 0.6) is 0 Å². The Hall–Kier alpha value is 0.0899. The van der Waals surface area contributed by atoms with Crippen LogP contribution in [-0.2, 0) is 41.4 Å². The molecule has 4 unspecified atom stereocenters. The lowest BCUT2D eigenvalue weighted by Gasteiger charge is -2.24. The average molecular weight is 462 g/mol. The molecule has 0 saturated carbocycles. The molecule has 2 aliphatic rings. The summed E-state index contributed by atoms with van der Waals surface area (Å²) >= 11 is 0. The van der Waals surface area contributed by atoms with E-state index in [1.54, 1.807) is 0 Å². The van der Waals surface area contributed by atoms with Crippen LogP contribution in [0.1, 0.15) is 0 Å². The SMILES string of the molecule is [B][C@@H]1O[C@H](COP(=O)(O)O[C@@H]2C(F)[C@H]([B])O[C@@H]2COC)[C@H](OP(=O)(O)OC)C1F. The summed E-state index contributed by atoms with van der Waals surface area (Å²) in [4.78, 5) is 19.2. The maximum Gasteiger partial charge on any atom is 0.472 e. The van der Waals surface area contributed by atoms with Crippen molar-refractivity contribution in [2.45, 2.75) is 48.8 Å². The standard InChI is InChI=1S/C12H20B2F2O11P2/c1-21-3-5-9(7(15)11(13)24-5)27-29(19,20)23-4-6-10(8(16)12(14)25-6)26-28(17,18)22-2/h5-12H,3-4H2,1-2H3,(H,17,18)(H,19,20)/t5-,6-,7?,8?,9+,10+,11-,12-/m1/s1. The van der Waals surface area contributed by atoms with Crippen molar-refractivity contribution < 1.29 is 60.0 Å². The highest BCUT2D eigenvalue weighted by atomic mass is 31.2. The van der Waals surface area contributed by atoms with Gasteiger partial charge in [0.25, 0.3) is 0 Å². The minimum Gasteiger partial charge on any atom is -0.382 e. The molecule has 164 valence electrons. The minimum absolute atomic E-state index is 0.179. The molecule has 17 heteroatoms. The Balaban J connectivity index is 2.00.